The maximum Gasteiger partial charge on any atom is 0.226 e. The highest BCUT2D eigenvalue weighted by Crippen LogP contribution is 2.48. The average Bonchev–Trinajstić information content (AvgIpc) is 3.32. The topological polar surface area (TPSA) is 57.7 Å². The van der Waals surface area contributed by atoms with Crippen molar-refractivity contribution in [1.82, 2.24) is 9.80 Å². The molecule has 26 heavy (non-hydrogen) atoms. The molecule has 3 fully saturated rings. The van der Waals surface area contributed by atoms with Gasteiger partial charge in [-0.25, -0.2) is 8.42 Å². The van der Waals surface area contributed by atoms with Gasteiger partial charge in [0.15, 0.2) is 9.84 Å². The molecule has 0 radical (unpaired) electrons. The van der Waals surface area contributed by atoms with Crippen molar-refractivity contribution >= 4 is 15.7 Å². The minimum Gasteiger partial charge on any atom is -0.340 e. The van der Waals surface area contributed by atoms with Gasteiger partial charge in [-0.15, -0.1) is 0 Å². The third-order valence-electron chi connectivity index (χ3n) is 6.13. The molecule has 1 heterocycles. The van der Waals surface area contributed by atoms with E-state index in [4.69, 9.17) is 0 Å². The van der Waals surface area contributed by atoms with Gasteiger partial charge < -0.3 is 4.90 Å². The number of carbonyl (C=O) groups is 1. The summed E-state index contributed by atoms with van der Waals surface area (Å²) in [6.07, 6.45) is 6.15. The Labute approximate surface area is 156 Å². The lowest BCUT2D eigenvalue weighted by molar-refractivity contribution is -0.135. The van der Waals surface area contributed by atoms with Crippen LogP contribution in [0.15, 0.2) is 24.3 Å². The van der Waals surface area contributed by atoms with E-state index >= 15 is 0 Å². The Balaban J connectivity index is 1.33. The smallest absolute Gasteiger partial charge is 0.226 e. The number of sulfone groups is 1. The lowest BCUT2D eigenvalue weighted by atomic mass is 9.91. The Morgan fingerprint density at radius 2 is 1.88 bits per heavy atom. The summed E-state index contributed by atoms with van der Waals surface area (Å²) in [7, 11) is -3.04. The molecule has 5 nitrogen and oxygen atoms in total. The van der Waals surface area contributed by atoms with Crippen LogP contribution < -0.4 is 0 Å². The van der Waals surface area contributed by atoms with Crippen LogP contribution in [0.25, 0.3) is 0 Å². The molecule has 1 aromatic rings. The third-order valence-corrected chi connectivity index (χ3v) is 6.99. The van der Waals surface area contributed by atoms with E-state index in [1.807, 2.05) is 29.2 Å². The van der Waals surface area contributed by atoms with Crippen LogP contribution in [-0.4, -0.2) is 62.6 Å². The predicted octanol–water partition coefficient (Wildman–Crippen LogP) is 2.03. The fourth-order valence-electron chi connectivity index (χ4n) is 4.35. The average molecular weight is 377 g/mol. The van der Waals surface area contributed by atoms with Crippen LogP contribution in [0.2, 0.25) is 0 Å². The van der Waals surface area contributed by atoms with Gasteiger partial charge in [0, 0.05) is 44.4 Å². The number of amides is 1. The van der Waals surface area contributed by atoms with Crippen molar-refractivity contribution in [3.8, 4) is 0 Å². The summed E-state index contributed by atoms with van der Waals surface area (Å²) in [6.45, 7) is 3.73. The van der Waals surface area contributed by atoms with Crippen LogP contribution >= 0.6 is 0 Å². The first kappa shape index (κ1) is 18.0. The monoisotopic (exact) mass is 376 g/mol. The molecule has 2 saturated carbocycles. The lowest BCUT2D eigenvalue weighted by Gasteiger charge is -2.43. The van der Waals surface area contributed by atoms with Gasteiger partial charge in [-0.1, -0.05) is 30.7 Å². The quantitative estimate of drug-likeness (QED) is 0.789. The molecule has 1 aliphatic heterocycles. The van der Waals surface area contributed by atoms with Gasteiger partial charge >= 0.3 is 0 Å². The molecule has 0 N–H and O–H groups in total. The maximum absolute atomic E-state index is 12.8. The van der Waals surface area contributed by atoms with Gasteiger partial charge in [-0.05, 0) is 36.3 Å². The van der Waals surface area contributed by atoms with Crippen LogP contribution in [0, 0.1) is 5.92 Å². The molecule has 0 spiro atoms. The first-order chi connectivity index (χ1) is 12.4. The zero-order valence-electron chi connectivity index (χ0n) is 15.4. The van der Waals surface area contributed by atoms with Crippen LogP contribution in [0.1, 0.15) is 42.7 Å². The van der Waals surface area contributed by atoms with Gasteiger partial charge in [-0.3, -0.25) is 9.69 Å². The van der Waals surface area contributed by atoms with E-state index in [-0.39, 0.29) is 23.5 Å². The van der Waals surface area contributed by atoms with Crippen molar-refractivity contribution in [1.29, 1.82) is 0 Å². The molecule has 0 aromatic heterocycles. The van der Waals surface area contributed by atoms with Gasteiger partial charge in [0.25, 0.3) is 0 Å². The Morgan fingerprint density at radius 1 is 1.15 bits per heavy atom. The van der Waals surface area contributed by atoms with E-state index in [0.29, 0.717) is 0 Å². The summed E-state index contributed by atoms with van der Waals surface area (Å²) in [5.74, 6) is 0.692. The summed E-state index contributed by atoms with van der Waals surface area (Å²) in [5, 5.41) is 0. The van der Waals surface area contributed by atoms with E-state index in [9.17, 15) is 13.2 Å². The Morgan fingerprint density at radius 3 is 2.50 bits per heavy atom. The Kier molecular flexibility index (Phi) is 4.82. The largest absolute Gasteiger partial charge is 0.340 e. The molecule has 2 aliphatic carbocycles. The number of hydrogen-bond donors (Lipinski definition) is 0. The molecule has 4 rings (SSSR count). The molecular weight excluding hydrogens is 348 g/mol. The van der Waals surface area contributed by atoms with Crippen molar-refractivity contribution in [2.45, 2.75) is 43.4 Å². The second-order valence-electron chi connectivity index (χ2n) is 8.21. The molecule has 142 valence electrons. The SMILES string of the molecule is CS(=O)(=O)Cc1cccc(C2CC2C(=O)N2CCN(C3CCC3)CC2)c1. The van der Waals surface area contributed by atoms with Crippen molar-refractivity contribution in [3.63, 3.8) is 0 Å². The molecular formula is C20H28N2O3S. The number of carbonyl (C=O) groups excluding carboxylic acids is 1. The molecule has 1 amide bonds. The maximum atomic E-state index is 12.8. The van der Waals surface area contributed by atoms with Crippen molar-refractivity contribution in [2.75, 3.05) is 32.4 Å². The van der Waals surface area contributed by atoms with Gasteiger partial charge in [0.05, 0.1) is 5.75 Å². The van der Waals surface area contributed by atoms with Crippen LogP contribution in [0.4, 0.5) is 0 Å². The van der Waals surface area contributed by atoms with Crippen LogP contribution in [0.3, 0.4) is 0 Å². The number of nitrogens with zero attached hydrogens (tertiary/aromatic N) is 2. The van der Waals surface area contributed by atoms with Crippen molar-refractivity contribution in [3.05, 3.63) is 35.4 Å². The van der Waals surface area contributed by atoms with E-state index in [1.165, 1.54) is 25.5 Å². The number of hydrogen-bond acceptors (Lipinski definition) is 4. The van der Waals surface area contributed by atoms with Crippen molar-refractivity contribution < 1.29 is 13.2 Å². The number of rotatable bonds is 5. The second-order valence-corrected chi connectivity index (χ2v) is 10.3. The van der Waals surface area contributed by atoms with Crippen LogP contribution in [-0.2, 0) is 20.4 Å². The fraction of sp³-hybridized carbons (Fsp3) is 0.650. The third kappa shape index (κ3) is 3.96. The standard InChI is InChI=1S/C20H28N2O3S/c1-26(24,25)14-15-4-2-5-16(12-15)18-13-19(18)20(23)22-10-8-21(9-11-22)17-6-3-7-17/h2,4-5,12,17-19H,3,6-11,13-14H2,1H3. The summed E-state index contributed by atoms with van der Waals surface area (Å²) in [4.78, 5) is 17.4. The molecule has 2 atom stereocenters. The first-order valence-corrected chi connectivity index (χ1v) is 11.8. The van der Waals surface area contributed by atoms with E-state index in [0.717, 1.165) is 49.8 Å². The van der Waals surface area contributed by atoms with Gasteiger partial charge in [-0.2, -0.15) is 0 Å². The zero-order chi connectivity index (χ0) is 18.3. The number of piperazine rings is 1. The Bertz CT molecular complexity index is 780. The zero-order valence-corrected chi connectivity index (χ0v) is 16.2. The minimum atomic E-state index is -3.04. The molecule has 6 heteroatoms. The molecule has 1 aromatic carbocycles. The normalized spacial score (nSPS) is 27.2. The second kappa shape index (κ2) is 6.97. The fourth-order valence-corrected chi connectivity index (χ4v) is 5.13. The summed E-state index contributed by atoms with van der Waals surface area (Å²) in [6, 6.07) is 8.51. The first-order valence-electron chi connectivity index (χ1n) is 9.70. The Hall–Kier alpha value is -1.40. The van der Waals surface area contributed by atoms with E-state index < -0.39 is 9.84 Å². The van der Waals surface area contributed by atoms with Crippen molar-refractivity contribution in [2.24, 2.45) is 5.92 Å². The highest BCUT2D eigenvalue weighted by Gasteiger charge is 2.46. The summed E-state index contributed by atoms with van der Waals surface area (Å²) < 4.78 is 23.0. The number of benzene rings is 1. The molecule has 3 aliphatic rings. The molecule has 0 bridgehead atoms. The molecule has 2 unspecified atom stereocenters. The highest BCUT2D eigenvalue weighted by molar-refractivity contribution is 7.89. The predicted molar refractivity (Wildman–Crippen MR) is 102 cm³/mol. The summed E-state index contributed by atoms with van der Waals surface area (Å²) in [5.41, 5.74) is 1.93. The van der Waals surface area contributed by atoms with E-state index in [1.54, 1.807) is 0 Å². The molecule has 1 saturated heterocycles. The highest BCUT2D eigenvalue weighted by atomic mass is 32.2. The van der Waals surface area contributed by atoms with E-state index in [2.05, 4.69) is 4.90 Å². The summed E-state index contributed by atoms with van der Waals surface area (Å²) >= 11 is 0. The lowest BCUT2D eigenvalue weighted by Crippen LogP contribution is -2.53. The minimum absolute atomic E-state index is 0.0648. The van der Waals surface area contributed by atoms with Gasteiger partial charge in [0.2, 0.25) is 5.91 Å². The van der Waals surface area contributed by atoms with Gasteiger partial charge in [0.1, 0.15) is 0 Å². The van der Waals surface area contributed by atoms with Crippen LogP contribution in [0.5, 0.6) is 0 Å².